The van der Waals surface area contributed by atoms with E-state index in [-0.39, 0.29) is 48.9 Å². The maximum atomic E-state index is 17.6. The monoisotopic (exact) mass is 644 g/mol. The van der Waals surface area contributed by atoms with Crippen molar-refractivity contribution in [3.05, 3.63) is 48.0 Å². The lowest BCUT2D eigenvalue weighted by Crippen LogP contribution is -2.70. The fourth-order valence-corrected chi connectivity index (χ4v) is 9.39. The van der Waals surface area contributed by atoms with Crippen molar-refractivity contribution in [3.63, 3.8) is 0 Å². The van der Waals surface area contributed by atoms with Gasteiger partial charge < -0.3 is 19.0 Å². The lowest BCUT2D eigenvalue weighted by molar-refractivity contribution is -0.221. The lowest BCUT2D eigenvalue weighted by atomic mass is 9.44. The summed E-state index contributed by atoms with van der Waals surface area (Å²) in [5.74, 6) is 0.944. The maximum Gasteiger partial charge on any atom is 0.375 e. The fourth-order valence-electron chi connectivity index (χ4n) is 8.39. The Balaban J connectivity index is 1.51. The second-order valence-corrected chi connectivity index (χ2v) is 14.2. The minimum Gasteiger partial charge on any atom is -0.457 e. The first-order valence-corrected chi connectivity index (χ1v) is 16.1. The number of allylic oxidation sites excluding steroid dienone is 4. The molecule has 0 bridgehead atoms. The number of fused-ring (bicyclic) bond motifs is 5. The van der Waals surface area contributed by atoms with E-state index >= 15 is 8.78 Å². The molecule has 4 aliphatic rings. The number of rotatable bonds is 6. The molecular formula is C34H38F2O8S. The van der Waals surface area contributed by atoms with E-state index in [4.69, 9.17) is 13.9 Å². The van der Waals surface area contributed by atoms with E-state index in [1.807, 2.05) is 0 Å². The van der Waals surface area contributed by atoms with Gasteiger partial charge in [-0.1, -0.05) is 57.4 Å². The summed E-state index contributed by atoms with van der Waals surface area (Å²) in [6.45, 7) is 8.20. The molecule has 1 aromatic rings. The molecule has 1 heterocycles. The highest BCUT2D eigenvalue weighted by Gasteiger charge is 2.78. The third kappa shape index (κ3) is 4.99. The average Bonchev–Trinajstić information content (AvgIpc) is 3.60. The number of ether oxygens (including phenoxy) is 2. The molecule has 3 fully saturated rings. The molecule has 0 unspecified atom stereocenters. The van der Waals surface area contributed by atoms with Crippen LogP contribution in [0.25, 0.3) is 0 Å². The summed E-state index contributed by atoms with van der Waals surface area (Å²) in [7, 11) is 0. The van der Waals surface area contributed by atoms with Crippen molar-refractivity contribution in [1.82, 2.24) is 0 Å². The molecule has 1 aromatic heterocycles. The zero-order valence-electron chi connectivity index (χ0n) is 25.9. The molecule has 45 heavy (non-hydrogen) atoms. The third-order valence-electron chi connectivity index (χ3n) is 10.6. The Morgan fingerprint density at radius 2 is 1.93 bits per heavy atom. The minimum atomic E-state index is -2.35. The van der Waals surface area contributed by atoms with E-state index < -0.39 is 75.0 Å². The second-order valence-electron chi connectivity index (χ2n) is 13.3. The van der Waals surface area contributed by atoms with Crippen molar-refractivity contribution in [1.29, 1.82) is 0 Å². The van der Waals surface area contributed by atoms with E-state index in [0.29, 0.717) is 0 Å². The zero-order chi connectivity index (χ0) is 32.9. The second kappa shape index (κ2) is 11.8. The summed E-state index contributed by atoms with van der Waals surface area (Å²) in [4.78, 5) is 51.6. The number of ketones is 1. The highest BCUT2D eigenvalue weighted by Crippen LogP contribution is 2.72. The first-order chi connectivity index (χ1) is 21.1. The SMILES string of the molecule is CC(C)C(=O)OCC#CCSC(=O)[C@@]1(OC(=O)c2ccco2)[C@@H](C)C[C@H]2[C@@H]3C[C@H](F)C4=CC(=O)C=C[C@]4(C)[C@@]3(F)[C@@H](O)C[C@@]21C. The number of carbonyl (C=O) groups excluding carboxylic acids is 4. The normalized spacial score (nSPS) is 38.3. The van der Waals surface area contributed by atoms with Crippen molar-refractivity contribution in [2.75, 3.05) is 12.4 Å². The van der Waals surface area contributed by atoms with E-state index in [0.717, 1.165) is 17.8 Å². The number of furan rings is 1. The molecule has 8 nitrogen and oxygen atoms in total. The van der Waals surface area contributed by atoms with Gasteiger partial charge in [0.1, 0.15) is 6.17 Å². The van der Waals surface area contributed by atoms with Crippen molar-refractivity contribution >= 4 is 34.6 Å². The fraction of sp³-hybridized carbons (Fsp3) is 0.588. The quantitative estimate of drug-likeness (QED) is 0.329. The minimum absolute atomic E-state index is 0.00207. The van der Waals surface area contributed by atoms with Crippen LogP contribution in [0.3, 0.4) is 0 Å². The summed E-state index contributed by atoms with van der Waals surface area (Å²) in [6, 6.07) is 2.91. The van der Waals surface area contributed by atoms with E-state index in [1.54, 1.807) is 27.7 Å². The highest BCUT2D eigenvalue weighted by atomic mass is 32.2. The van der Waals surface area contributed by atoms with Crippen LogP contribution in [0.2, 0.25) is 0 Å². The van der Waals surface area contributed by atoms with Gasteiger partial charge in [0.2, 0.25) is 10.9 Å². The Morgan fingerprint density at radius 3 is 2.60 bits per heavy atom. The summed E-state index contributed by atoms with van der Waals surface area (Å²) in [6.07, 6.45) is 1.32. The molecule has 0 amide bonds. The molecule has 0 saturated heterocycles. The summed E-state index contributed by atoms with van der Waals surface area (Å²) < 4.78 is 50.0. The maximum absolute atomic E-state index is 17.6. The molecule has 0 aliphatic heterocycles. The van der Waals surface area contributed by atoms with Crippen LogP contribution in [0.1, 0.15) is 64.4 Å². The zero-order valence-corrected chi connectivity index (χ0v) is 26.7. The van der Waals surface area contributed by atoms with Gasteiger partial charge in [0.05, 0.1) is 24.0 Å². The van der Waals surface area contributed by atoms with Crippen LogP contribution in [-0.2, 0) is 23.9 Å². The lowest BCUT2D eigenvalue weighted by Gasteiger charge is -2.63. The first kappa shape index (κ1) is 33.1. The van der Waals surface area contributed by atoms with E-state index in [1.165, 1.54) is 37.5 Å². The van der Waals surface area contributed by atoms with Gasteiger partial charge in [-0.25, -0.2) is 13.6 Å². The van der Waals surface area contributed by atoms with Gasteiger partial charge in [0.15, 0.2) is 23.7 Å². The number of carbonyl (C=O) groups is 4. The molecule has 0 radical (unpaired) electrons. The Labute approximate surface area is 265 Å². The predicted octanol–water partition coefficient (Wildman–Crippen LogP) is 5.20. The van der Waals surface area contributed by atoms with Gasteiger partial charge >= 0.3 is 11.9 Å². The molecule has 1 N–H and O–H groups in total. The highest BCUT2D eigenvalue weighted by molar-refractivity contribution is 8.14. The molecular weight excluding hydrogens is 606 g/mol. The van der Waals surface area contributed by atoms with Gasteiger partial charge in [-0.05, 0) is 62.0 Å². The topological polar surface area (TPSA) is 120 Å². The van der Waals surface area contributed by atoms with Crippen LogP contribution in [0.5, 0.6) is 0 Å². The van der Waals surface area contributed by atoms with Crippen LogP contribution in [0.4, 0.5) is 8.78 Å². The summed E-state index contributed by atoms with van der Waals surface area (Å²) in [5.41, 5.74) is -7.08. The van der Waals surface area contributed by atoms with Crippen molar-refractivity contribution in [2.24, 2.45) is 34.5 Å². The smallest absolute Gasteiger partial charge is 0.375 e. The van der Waals surface area contributed by atoms with Crippen LogP contribution < -0.4 is 0 Å². The van der Waals surface area contributed by atoms with E-state index in [9.17, 15) is 24.3 Å². The van der Waals surface area contributed by atoms with Gasteiger partial charge in [0.25, 0.3) is 0 Å². The number of hydrogen-bond donors (Lipinski definition) is 1. The predicted molar refractivity (Wildman–Crippen MR) is 161 cm³/mol. The molecule has 0 spiro atoms. The largest absolute Gasteiger partial charge is 0.457 e. The standard InChI is InChI=1S/C34H38F2O8S/c1-19(2)28(39)43-12-6-7-14-45-30(41)34(44-29(40)26-9-8-13-42-26)20(3)15-22-23-17-25(35)24-16-21(37)10-11-31(24,4)33(23,36)27(38)18-32(22,34)5/h8-11,13,16,19-20,22-23,25,27,38H,12,14-15,17-18H2,1-5H3/t20-,22-,23-,25-,27-,31-,32-,33-,34-/m0/s1. The average molecular weight is 645 g/mol. The number of aliphatic hydroxyl groups is 1. The van der Waals surface area contributed by atoms with Gasteiger partial charge in [-0.2, -0.15) is 0 Å². The van der Waals surface area contributed by atoms with Crippen molar-refractivity contribution < 1.29 is 47.0 Å². The molecule has 3 saturated carbocycles. The van der Waals surface area contributed by atoms with Crippen molar-refractivity contribution in [3.8, 4) is 11.8 Å². The van der Waals surface area contributed by atoms with Gasteiger partial charge in [0, 0.05) is 22.7 Å². The van der Waals surface area contributed by atoms with E-state index in [2.05, 4.69) is 11.8 Å². The molecule has 11 heteroatoms. The number of esters is 2. The third-order valence-corrected chi connectivity index (χ3v) is 11.5. The first-order valence-electron chi connectivity index (χ1n) is 15.2. The number of halogens is 2. The summed E-state index contributed by atoms with van der Waals surface area (Å²) in [5, 5.41) is 11.2. The number of thioether (sulfide) groups is 1. The Kier molecular flexibility index (Phi) is 8.73. The molecule has 5 rings (SSSR count). The molecule has 4 aliphatic carbocycles. The van der Waals surface area contributed by atoms with Crippen LogP contribution >= 0.6 is 11.8 Å². The van der Waals surface area contributed by atoms with Crippen LogP contribution in [0, 0.1) is 46.3 Å². The number of alkyl halides is 2. The summed E-state index contributed by atoms with van der Waals surface area (Å²) >= 11 is 0.815. The van der Waals surface area contributed by atoms with Crippen LogP contribution in [-0.4, -0.2) is 63.8 Å². The molecule has 242 valence electrons. The molecule has 0 aromatic carbocycles. The number of aliphatic hydroxyl groups excluding tert-OH is 1. The van der Waals surface area contributed by atoms with Crippen LogP contribution in [0.15, 0.2) is 46.6 Å². The number of hydrogen-bond acceptors (Lipinski definition) is 9. The molecule has 9 atom stereocenters. The Bertz CT molecular complexity index is 1510. The Hall–Kier alpha value is -3.23. The van der Waals surface area contributed by atoms with Gasteiger partial charge in [-0.3, -0.25) is 14.4 Å². The van der Waals surface area contributed by atoms with Crippen molar-refractivity contribution in [2.45, 2.75) is 77.4 Å². The Morgan fingerprint density at radius 1 is 1.20 bits per heavy atom. The van der Waals surface area contributed by atoms with Gasteiger partial charge in [-0.15, -0.1) is 0 Å².